The van der Waals surface area contributed by atoms with E-state index >= 15 is 0 Å². The SMILES string of the molecule is C.CCCN(CCC)CCC. The highest BCUT2D eigenvalue weighted by atomic mass is 15.1. The lowest BCUT2D eigenvalue weighted by Crippen LogP contribution is -2.25. The van der Waals surface area contributed by atoms with Crippen LogP contribution in [-0.4, -0.2) is 24.5 Å². The summed E-state index contributed by atoms with van der Waals surface area (Å²) < 4.78 is 0. The van der Waals surface area contributed by atoms with Gasteiger partial charge in [-0.1, -0.05) is 28.2 Å². The van der Waals surface area contributed by atoms with Gasteiger partial charge in [0.1, 0.15) is 0 Å². The minimum Gasteiger partial charge on any atom is -0.303 e. The summed E-state index contributed by atoms with van der Waals surface area (Å²) in [6.45, 7) is 10.6. The number of nitrogens with zero attached hydrogens (tertiary/aromatic N) is 1. The van der Waals surface area contributed by atoms with E-state index in [1.54, 1.807) is 0 Å². The van der Waals surface area contributed by atoms with Crippen molar-refractivity contribution in [3.05, 3.63) is 0 Å². The molecule has 11 heavy (non-hydrogen) atoms. The Kier molecular flexibility index (Phi) is 12.3. The Labute approximate surface area is 72.8 Å². The zero-order valence-electron chi connectivity index (χ0n) is 7.69. The Morgan fingerprint density at radius 1 is 0.727 bits per heavy atom. The van der Waals surface area contributed by atoms with Crippen molar-refractivity contribution in [1.29, 1.82) is 0 Å². The molecular formula is C10H25N. The molecule has 0 fully saturated rings. The lowest BCUT2D eigenvalue weighted by Gasteiger charge is -2.19. The summed E-state index contributed by atoms with van der Waals surface area (Å²) >= 11 is 0. The van der Waals surface area contributed by atoms with Gasteiger partial charge in [-0.3, -0.25) is 0 Å². The van der Waals surface area contributed by atoms with Crippen LogP contribution in [0.1, 0.15) is 47.5 Å². The molecule has 0 aromatic rings. The maximum Gasteiger partial charge on any atom is -0.00214 e. The molecule has 0 unspecified atom stereocenters. The summed E-state index contributed by atoms with van der Waals surface area (Å²) in [6.07, 6.45) is 3.88. The molecule has 0 amide bonds. The number of hydrogen-bond acceptors (Lipinski definition) is 1. The van der Waals surface area contributed by atoms with E-state index in [0.717, 1.165) is 0 Å². The van der Waals surface area contributed by atoms with E-state index in [-0.39, 0.29) is 7.43 Å². The largest absolute Gasteiger partial charge is 0.303 e. The Morgan fingerprint density at radius 2 is 1.00 bits per heavy atom. The van der Waals surface area contributed by atoms with Crippen molar-refractivity contribution in [3.8, 4) is 0 Å². The summed E-state index contributed by atoms with van der Waals surface area (Å²) in [6, 6.07) is 0. The van der Waals surface area contributed by atoms with Gasteiger partial charge in [-0.2, -0.15) is 0 Å². The minimum absolute atomic E-state index is 0. The molecule has 70 valence electrons. The summed E-state index contributed by atoms with van der Waals surface area (Å²) in [4.78, 5) is 2.54. The van der Waals surface area contributed by atoms with E-state index in [0.29, 0.717) is 0 Å². The summed E-state index contributed by atoms with van der Waals surface area (Å²) in [7, 11) is 0. The van der Waals surface area contributed by atoms with Gasteiger partial charge in [0.2, 0.25) is 0 Å². The maximum atomic E-state index is 2.54. The first-order valence-electron chi connectivity index (χ1n) is 4.57. The molecule has 0 atom stereocenters. The van der Waals surface area contributed by atoms with E-state index in [2.05, 4.69) is 25.7 Å². The fraction of sp³-hybridized carbons (Fsp3) is 1.00. The van der Waals surface area contributed by atoms with Crippen LogP contribution in [0.5, 0.6) is 0 Å². The molecule has 0 spiro atoms. The fourth-order valence-corrected chi connectivity index (χ4v) is 1.28. The Morgan fingerprint density at radius 3 is 1.18 bits per heavy atom. The van der Waals surface area contributed by atoms with Crippen molar-refractivity contribution in [3.63, 3.8) is 0 Å². The average Bonchev–Trinajstić information content (AvgIpc) is 1.90. The van der Waals surface area contributed by atoms with Crippen LogP contribution in [0.25, 0.3) is 0 Å². The van der Waals surface area contributed by atoms with E-state index in [4.69, 9.17) is 0 Å². The van der Waals surface area contributed by atoms with Gasteiger partial charge in [-0.05, 0) is 38.9 Å². The van der Waals surface area contributed by atoms with Gasteiger partial charge in [0.25, 0.3) is 0 Å². The summed E-state index contributed by atoms with van der Waals surface area (Å²) in [5.41, 5.74) is 0. The average molecular weight is 159 g/mol. The molecule has 0 N–H and O–H groups in total. The molecule has 0 aromatic carbocycles. The van der Waals surface area contributed by atoms with E-state index in [1.807, 2.05) is 0 Å². The van der Waals surface area contributed by atoms with Crippen LogP contribution in [0.4, 0.5) is 0 Å². The molecule has 0 radical (unpaired) electrons. The van der Waals surface area contributed by atoms with E-state index < -0.39 is 0 Å². The Bertz CT molecular complexity index is 47.6. The second kappa shape index (κ2) is 9.96. The topological polar surface area (TPSA) is 3.24 Å². The summed E-state index contributed by atoms with van der Waals surface area (Å²) in [5, 5.41) is 0. The molecule has 0 aliphatic rings. The maximum absolute atomic E-state index is 2.54. The van der Waals surface area contributed by atoms with Crippen molar-refractivity contribution < 1.29 is 0 Å². The molecule has 0 heterocycles. The van der Waals surface area contributed by atoms with Gasteiger partial charge in [0, 0.05) is 0 Å². The van der Waals surface area contributed by atoms with Crippen LogP contribution in [0.3, 0.4) is 0 Å². The van der Waals surface area contributed by atoms with Gasteiger partial charge < -0.3 is 4.90 Å². The molecule has 0 saturated carbocycles. The van der Waals surface area contributed by atoms with Crippen LogP contribution in [0.2, 0.25) is 0 Å². The van der Waals surface area contributed by atoms with Crippen LogP contribution < -0.4 is 0 Å². The minimum atomic E-state index is 0. The second-order valence-electron chi connectivity index (χ2n) is 2.84. The lowest BCUT2D eigenvalue weighted by atomic mass is 10.3. The highest BCUT2D eigenvalue weighted by Crippen LogP contribution is 1.94. The predicted molar refractivity (Wildman–Crippen MR) is 54.0 cm³/mol. The standard InChI is InChI=1S/C9H21N.CH4/c1-4-7-10(8-5-2)9-6-3;/h4-9H2,1-3H3;1H4. The molecule has 0 aliphatic carbocycles. The quantitative estimate of drug-likeness (QED) is 0.575. The first-order chi connectivity index (χ1) is 4.85. The Balaban J connectivity index is 0. The van der Waals surface area contributed by atoms with Crippen LogP contribution >= 0.6 is 0 Å². The Hall–Kier alpha value is -0.0400. The molecule has 1 nitrogen and oxygen atoms in total. The zero-order chi connectivity index (χ0) is 7.82. The van der Waals surface area contributed by atoms with E-state index in [1.165, 1.54) is 38.9 Å². The highest BCUT2D eigenvalue weighted by Gasteiger charge is 1.98. The molecule has 0 bridgehead atoms. The van der Waals surface area contributed by atoms with Crippen molar-refractivity contribution >= 4 is 0 Å². The van der Waals surface area contributed by atoms with Crippen molar-refractivity contribution in [2.45, 2.75) is 47.5 Å². The monoisotopic (exact) mass is 159 g/mol. The first kappa shape index (κ1) is 13.5. The molecule has 0 rings (SSSR count). The van der Waals surface area contributed by atoms with Crippen molar-refractivity contribution in [2.24, 2.45) is 0 Å². The molecular weight excluding hydrogens is 134 g/mol. The van der Waals surface area contributed by atoms with Crippen LogP contribution in [0.15, 0.2) is 0 Å². The summed E-state index contributed by atoms with van der Waals surface area (Å²) in [5.74, 6) is 0. The predicted octanol–water partition coefficient (Wildman–Crippen LogP) is 3.15. The van der Waals surface area contributed by atoms with Gasteiger partial charge >= 0.3 is 0 Å². The second-order valence-corrected chi connectivity index (χ2v) is 2.84. The van der Waals surface area contributed by atoms with Crippen molar-refractivity contribution in [2.75, 3.05) is 19.6 Å². The number of rotatable bonds is 6. The number of hydrogen-bond donors (Lipinski definition) is 0. The first-order valence-corrected chi connectivity index (χ1v) is 4.57. The zero-order valence-corrected chi connectivity index (χ0v) is 7.69. The third-order valence-corrected chi connectivity index (χ3v) is 1.62. The van der Waals surface area contributed by atoms with Gasteiger partial charge in [0.15, 0.2) is 0 Å². The molecule has 0 saturated heterocycles. The van der Waals surface area contributed by atoms with Gasteiger partial charge in [-0.25, -0.2) is 0 Å². The third kappa shape index (κ3) is 7.86. The molecule has 1 heteroatoms. The smallest absolute Gasteiger partial charge is 0.00214 e. The lowest BCUT2D eigenvalue weighted by molar-refractivity contribution is 0.275. The van der Waals surface area contributed by atoms with Gasteiger partial charge in [0.05, 0.1) is 0 Å². The molecule has 0 aromatic heterocycles. The van der Waals surface area contributed by atoms with Crippen LogP contribution in [-0.2, 0) is 0 Å². The van der Waals surface area contributed by atoms with Crippen LogP contribution in [0, 0.1) is 0 Å². The van der Waals surface area contributed by atoms with Crippen molar-refractivity contribution in [1.82, 2.24) is 4.90 Å². The fourth-order valence-electron chi connectivity index (χ4n) is 1.28. The molecule has 0 aliphatic heterocycles. The normalized spacial score (nSPS) is 9.82. The third-order valence-electron chi connectivity index (χ3n) is 1.62. The van der Waals surface area contributed by atoms with E-state index in [9.17, 15) is 0 Å². The van der Waals surface area contributed by atoms with Gasteiger partial charge in [-0.15, -0.1) is 0 Å². The highest BCUT2D eigenvalue weighted by molar-refractivity contribution is 4.53.